The Morgan fingerprint density at radius 1 is 0.829 bits per heavy atom. The molecule has 3 aromatic rings. The summed E-state index contributed by atoms with van der Waals surface area (Å²) in [5.41, 5.74) is 5.22. The fourth-order valence-corrected chi connectivity index (χ4v) is 6.11. The molecule has 35 heavy (non-hydrogen) atoms. The SMILES string of the molecule is COc1cc(OCCN(C(C)C)C(C)C)c2c(c1)C(C)(C)[C@H](c1ccccc1)[C@H]2c1ccccc1. The van der Waals surface area contributed by atoms with E-state index in [0.717, 1.165) is 18.0 Å². The highest BCUT2D eigenvalue weighted by Gasteiger charge is 2.49. The third kappa shape index (κ3) is 4.97. The maximum Gasteiger partial charge on any atom is 0.127 e. The lowest BCUT2D eigenvalue weighted by Gasteiger charge is -2.32. The molecule has 1 aliphatic rings. The molecule has 0 unspecified atom stereocenters. The molecule has 0 aliphatic heterocycles. The van der Waals surface area contributed by atoms with Gasteiger partial charge >= 0.3 is 0 Å². The number of rotatable bonds is 9. The molecule has 0 spiro atoms. The molecule has 2 atom stereocenters. The van der Waals surface area contributed by atoms with Gasteiger partial charge in [-0.15, -0.1) is 0 Å². The summed E-state index contributed by atoms with van der Waals surface area (Å²) in [4.78, 5) is 2.48. The number of fused-ring (bicyclic) bond motifs is 1. The predicted molar refractivity (Wildman–Crippen MR) is 146 cm³/mol. The molecule has 0 fully saturated rings. The van der Waals surface area contributed by atoms with E-state index in [2.05, 4.69) is 119 Å². The Balaban J connectivity index is 1.82. The first-order valence-corrected chi connectivity index (χ1v) is 13.0. The van der Waals surface area contributed by atoms with Crippen molar-refractivity contribution in [2.75, 3.05) is 20.3 Å². The molecule has 4 rings (SSSR count). The van der Waals surface area contributed by atoms with Gasteiger partial charge in [0.2, 0.25) is 0 Å². The van der Waals surface area contributed by atoms with Crippen molar-refractivity contribution in [2.45, 2.75) is 70.9 Å². The van der Waals surface area contributed by atoms with Crippen molar-refractivity contribution in [2.24, 2.45) is 0 Å². The topological polar surface area (TPSA) is 21.7 Å². The van der Waals surface area contributed by atoms with Crippen LogP contribution in [0.25, 0.3) is 0 Å². The second-order valence-corrected chi connectivity index (χ2v) is 10.9. The Morgan fingerprint density at radius 2 is 1.40 bits per heavy atom. The molecule has 0 amide bonds. The van der Waals surface area contributed by atoms with Gasteiger partial charge in [-0.1, -0.05) is 74.5 Å². The van der Waals surface area contributed by atoms with Crippen molar-refractivity contribution < 1.29 is 9.47 Å². The minimum Gasteiger partial charge on any atom is -0.497 e. The van der Waals surface area contributed by atoms with E-state index in [4.69, 9.17) is 9.47 Å². The van der Waals surface area contributed by atoms with Crippen LogP contribution in [0.4, 0.5) is 0 Å². The molecule has 0 heterocycles. The lowest BCUT2D eigenvalue weighted by Crippen LogP contribution is -2.39. The lowest BCUT2D eigenvalue weighted by atomic mass is 9.70. The van der Waals surface area contributed by atoms with Gasteiger partial charge in [0, 0.05) is 42.1 Å². The summed E-state index contributed by atoms with van der Waals surface area (Å²) >= 11 is 0. The van der Waals surface area contributed by atoms with Gasteiger partial charge in [-0.25, -0.2) is 0 Å². The average Bonchev–Trinajstić information content (AvgIpc) is 3.09. The fourth-order valence-electron chi connectivity index (χ4n) is 6.11. The Morgan fingerprint density at radius 3 is 1.94 bits per heavy atom. The Kier molecular flexibility index (Phi) is 7.56. The normalized spacial score (nSPS) is 18.8. The van der Waals surface area contributed by atoms with Crippen LogP contribution < -0.4 is 9.47 Å². The minimum atomic E-state index is -0.0915. The first-order chi connectivity index (χ1) is 16.8. The van der Waals surface area contributed by atoms with Crippen molar-refractivity contribution >= 4 is 0 Å². The van der Waals surface area contributed by atoms with Crippen LogP contribution in [0, 0.1) is 0 Å². The van der Waals surface area contributed by atoms with Crippen LogP contribution >= 0.6 is 0 Å². The third-order valence-electron chi connectivity index (χ3n) is 7.72. The highest BCUT2D eigenvalue weighted by molar-refractivity contribution is 5.61. The molecule has 3 heteroatoms. The highest BCUT2D eigenvalue weighted by atomic mass is 16.5. The van der Waals surface area contributed by atoms with Gasteiger partial charge in [0.15, 0.2) is 0 Å². The molecule has 1 aliphatic carbocycles. The van der Waals surface area contributed by atoms with Crippen LogP contribution in [0.15, 0.2) is 72.8 Å². The van der Waals surface area contributed by atoms with E-state index in [9.17, 15) is 0 Å². The summed E-state index contributed by atoms with van der Waals surface area (Å²) < 4.78 is 12.4. The molecule has 0 radical (unpaired) electrons. The summed E-state index contributed by atoms with van der Waals surface area (Å²) in [6, 6.07) is 27.2. The second kappa shape index (κ2) is 10.5. The van der Waals surface area contributed by atoms with Crippen molar-refractivity contribution in [1.82, 2.24) is 4.90 Å². The van der Waals surface area contributed by atoms with E-state index in [-0.39, 0.29) is 11.3 Å². The van der Waals surface area contributed by atoms with Gasteiger partial charge in [-0.05, 0) is 55.9 Å². The molecule has 3 aromatic carbocycles. The standard InChI is InChI=1S/C32H41NO2/c1-22(2)33(23(3)4)18-19-35-28-21-26(34-7)20-27-30(28)29(24-14-10-8-11-15-24)31(32(27,5)6)25-16-12-9-13-17-25/h8-17,20-23,29,31H,18-19H2,1-7H3/t29-,31+/m0/s1. The van der Waals surface area contributed by atoms with Crippen molar-refractivity contribution in [3.8, 4) is 11.5 Å². The molecule has 0 aromatic heterocycles. The molecular formula is C32H41NO2. The monoisotopic (exact) mass is 471 g/mol. The fraction of sp³-hybridized carbons (Fsp3) is 0.438. The molecule has 0 bridgehead atoms. The van der Waals surface area contributed by atoms with E-state index < -0.39 is 0 Å². The number of hydrogen-bond donors (Lipinski definition) is 0. The summed E-state index contributed by atoms with van der Waals surface area (Å²) in [6.45, 7) is 15.3. The average molecular weight is 472 g/mol. The Hall–Kier alpha value is -2.78. The molecule has 3 nitrogen and oxygen atoms in total. The summed E-state index contributed by atoms with van der Waals surface area (Å²) in [5.74, 6) is 2.30. The predicted octanol–water partition coefficient (Wildman–Crippen LogP) is 7.40. The van der Waals surface area contributed by atoms with Crippen molar-refractivity contribution in [3.05, 3.63) is 95.1 Å². The first-order valence-electron chi connectivity index (χ1n) is 13.0. The van der Waals surface area contributed by atoms with E-state index in [1.54, 1.807) is 7.11 Å². The molecular weight excluding hydrogens is 430 g/mol. The maximum absolute atomic E-state index is 6.63. The van der Waals surface area contributed by atoms with E-state index >= 15 is 0 Å². The number of nitrogens with zero attached hydrogens (tertiary/aromatic N) is 1. The number of hydrogen-bond acceptors (Lipinski definition) is 3. The highest BCUT2D eigenvalue weighted by Crippen LogP contribution is 2.60. The van der Waals surface area contributed by atoms with Crippen molar-refractivity contribution in [3.63, 3.8) is 0 Å². The maximum atomic E-state index is 6.63. The number of benzene rings is 3. The minimum absolute atomic E-state index is 0.0915. The smallest absolute Gasteiger partial charge is 0.127 e. The molecule has 0 N–H and O–H groups in total. The van der Waals surface area contributed by atoms with Crippen LogP contribution in [0.5, 0.6) is 11.5 Å². The van der Waals surface area contributed by atoms with Crippen LogP contribution in [0.3, 0.4) is 0 Å². The number of methoxy groups -OCH3 is 1. The van der Waals surface area contributed by atoms with Gasteiger partial charge < -0.3 is 9.47 Å². The quantitative estimate of drug-likeness (QED) is 0.324. The Bertz CT molecular complexity index is 1100. The van der Waals surface area contributed by atoms with Crippen molar-refractivity contribution in [1.29, 1.82) is 0 Å². The number of ether oxygens (including phenoxy) is 2. The third-order valence-corrected chi connectivity index (χ3v) is 7.72. The molecule has 0 saturated heterocycles. The zero-order chi connectivity index (χ0) is 25.2. The second-order valence-electron chi connectivity index (χ2n) is 10.9. The van der Waals surface area contributed by atoms with Gasteiger partial charge in [-0.2, -0.15) is 0 Å². The summed E-state index contributed by atoms with van der Waals surface area (Å²) in [5, 5.41) is 0. The van der Waals surface area contributed by atoms with Crippen LogP contribution in [-0.2, 0) is 5.41 Å². The zero-order valence-electron chi connectivity index (χ0n) is 22.4. The van der Waals surface area contributed by atoms with Crippen LogP contribution in [0.1, 0.15) is 75.6 Å². The first kappa shape index (κ1) is 25.3. The largest absolute Gasteiger partial charge is 0.497 e. The molecule has 186 valence electrons. The Labute approximate surface area is 212 Å². The summed E-state index contributed by atoms with van der Waals surface area (Å²) in [6.07, 6.45) is 0. The van der Waals surface area contributed by atoms with E-state index in [1.807, 2.05) is 0 Å². The van der Waals surface area contributed by atoms with Gasteiger partial charge in [0.1, 0.15) is 18.1 Å². The van der Waals surface area contributed by atoms with Gasteiger partial charge in [0.05, 0.1) is 7.11 Å². The molecule has 0 saturated carbocycles. The van der Waals surface area contributed by atoms with Crippen LogP contribution in [0.2, 0.25) is 0 Å². The van der Waals surface area contributed by atoms with Gasteiger partial charge in [0.25, 0.3) is 0 Å². The zero-order valence-corrected chi connectivity index (χ0v) is 22.4. The van der Waals surface area contributed by atoms with Gasteiger partial charge in [-0.3, -0.25) is 4.90 Å². The van der Waals surface area contributed by atoms with E-state index in [1.165, 1.54) is 22.3 Å². The lowest BCUT2D eigenvalue weighted by molar-refractivity contribution is 0.141. The summed E-state index contributed by atoms with van der Waals surface area (Å²) in [7, 11) is 1.75. The van der Waals surface area contributed by atoms with Crippen LogP contribution in [-0.4, -0.2) is 37.2 Å². The van der Waals surface area contributed by atoms with E-state index in [0.29, 0.717) is 24.6 Å².